The second-order valence-corrected chi connectivity index (χ2v) is 6.21. The zero-order valence-corrected chi connectivity index (χ0v) is 12.9. The van der Waals surface area contributed by atoms with Gasteiger partial charge in [-0.2, -0.15) is 16.9 Å². The van der Waals surface area contributed by atoms with Gasteiger partial charge in [0.1, 0.15) is 0 Å². The van der Waals surface area contributed by atoms with Crippen molar-refractivity contribution in [2.75, 3.05) is 29.9 Å². The van der Waals surface area contributed by atoms with Crippen LogP contribution in [-0.4, -0.2) is 51.2 Å². The Bertz CT molecular complexity index is 465. The number of amides is 1. The van der Waals surface area contributed by atoms with E-state index in [9.17, 15) is 4.79 Å². The van der Waals surface area contributed by atoms with E-state index in [4.69, 9.17) is 0 Å². The van der Waals surface area contributed by atoms with Crippen molar-refractivity contribution in [1.29, 1.82) is 0 Å². The third kappa shape index (κ3) is 3.12. The van der Waals surface area contributed by atoms with E-state index in [1.54, 1.807) is 4.68 Å². The molecule has 106 valence electrons. The third-order valence-electron chi connectivity index (χ3n) is 3.73. The van der Waals surface area contributed by atoms with Gasteiger partial charge in [0.15, 0.2) is 0 Å². The molecule has 1 amide bonds. The molecule has 1 atom stereocenters. The Morgan fingerprint density at radius 1 is 1.37 bits per heavy atom. The summed E-state index contributed by atoms with van der Waals surface area (Å²) in [7, 11) is 1.89. The van der Waals surface area contributed by atoms with Gasteiger partial charge in [-0.1, -0.05) is 0 Å². The molecule has 1 N–H and O–H groups in total. The molecule has 19 heavy (non-hydrogen) atoms. The maximum atomic E-state index is 12.3. The van der Waals surface area contributed by atoms with Gasteiger partial charge >= 0.3 is 0 Å². The van der Waals surface area contributed by atoms with Crippen LogP contribution in [0.25, 0.3) is 0 Å². The first-order valence-corrected chi connectivity index (χ1v) is 7.79. The van der Waals surface area contributed by atoms with Gasteiger partial charge in [-0.25, -0.2) is 0 Å². The van der Waals surface area contributed by atoms with E-state index in [2.05, 4.69) is 15.3 Å². The van der Waals surface area contributed by atoms with Crippen LogP contribution in [0.1, 0.15) is 18.3 Å². The van der Waals surface area contributed by atoms with E-state index >= 15 is 0 Å². The molecule has 1 fully saturated rings. The fraction of sp³-hybridized carbons (Fsp3) is 0.692. The van der Waals surface area contributed by atoms with E-state index in [-0.39, 0.29) is 11.9 Å². The minimum Gasteiger partial charge on any atom is -0.322 e. The molecule has 1 aliphatic heterocycles. The van der Waals surface area contributed by atoms with Gasteiger partial charge in [0.2, 0.25) is 5.91 Å². The summed E-state index contributed by atoms with van der Waals surface area (Å²) >= 11 is 1.95. The highest BCUT2D eigenvalue weighted by Gasteiger charge is 2.24. The molecular weight excluding hydrogens is 260 g/mol. The largest absolute Gasteiger partial charge is 0.322 e. The summed E-state index contributed by atoms with van der Waals surface area (Å²) in [4.78, 5) is 14.6. The molecule has 0 aromatic carbocycles. The fourth-order valence-electron chi connectivity index (χ4n) is 2.31. The number of hydrogen-bond donors (Lipinski definition) is 1. The van der Waals surface area contributed by atoms with Crippen molar-refractivity contribution in [3.05, 3.63) is 11.4 Å². The standard InChI is InChI=1S/C13H22N4OS/c1-9-12(10(2)16(4)15-9)14-13(18)11(3)17-5-7-19-8-6-17/h11H,5-8H2,1-4H3,(H,14,18)/t11-/m1/s1. The molecule has 1 aliphatic rings. The van der Waals surface area contributed by atoms with Crippen LogP contribution < -0.4 is 5.32 Å². The van der Waals surface area contributed by atoms with Crippen molar-refractivity contribution >= 4 is 23.4 Å². The third-order valence-corrected chi connectivity index (χ3v) is 4.67. The highest BCUT2D eigenvalue weighted by Crippen LogP contribution is 2.19. The lowest BCUT2D eigenvalue weighted by Gasteiger charge is -2.31. The smallest absolute Gasteiger partial charge is 0.241 e. The summed E-state index contributed by atoms with van der Waals surface area (Å²) < 4.78 is 1.80. The molecule has 0 unspecified atom stereocenters. The Labute approximate surface area is 118 Å². The van der Waals surface area contributed by atoms with Gasteiger partial charge in [0.25, 0.3) is 0 Å². The van der Waals surface area contributed by atoms with Crippen molar-refractivity contribution < 1.29 is 4.79 Å². The Hall–Kier alpha value is -1.01. The van der Waals surface area contributed by atoms with Crippen molar-refractivity contribution in [2.45, 2.75) is 26.8 Å². The Kier molecular flexibility index (Phi) is 4.52. The molecule has 1 saturated heterocycles. The van der Waals surface area contributed by atoms with Gasteiger partial charge < -0.3 is 5.32 Å². The van der Waals surface area contributed by atoms with Crippen molar-refractivity contribution in [2.24, 2.45) is 7.05 Å². The Balaban J connectivity index is 2.03. The molecule has 0 aliphatic carbocycles. The van der Waals surface area contributed by atoms with E-state index in [1.807, 2.05) is 39.6 Å². The number of aryl methyl sites for hydroxylation is 2. The number of nitrogens with one attached hydrogen (secondary N) is 1. The van der Waals surface area contributed by atoms with Crippen LogP contribution in [0.3, 0.4) is 0 Å². The molecule has 0 radical (unpaired) electrons. The summed E-state index contributed by atoms with van der Waals surface area (Å²) in [5.41, 5.74) is 2.72. The number of nitrogens with zero attached hydrogens (tertiary/aromatic N) is 3. The average molecular weight is 282 g/mol. The monoisotopic (exact) mass is 282 g/mol. The van der Waals surface area contributed by atoms with Gasteiger partial charge in [0, 0.05) is 31.6 Å². The van der Waals surface area contributed by atoms with Crippen LogP contribution in [0.5, 0.6) is 0 Å². The first kappa shape index (κ1) is 14.4. The fourth-order valence-corrected chi connectivity index (χ4v) is 3.24. The quantitative estimate of drug-likeness (QED) is 0.911. The maximum absolute atomic E-state index is 12.3. The molecule has 0 bridgehead atoms. The van der Waals surface area contributed by atoms with Gasteiger partial charge in [-0.05, 0) is 20.8 Å². The van der Waals surface area contributed by atoms with E-state index < -0.39 is 0 Å². The molecule has 1 aromatic heterocycles. The van der Waals surface area contributed by atoms with Crippen LogP contribution in [0, 0.1) is 13.8 Å². The number of carbonyl (C=O) groups is 1. The molecule has 2 heterocycles. The number of carbonyl (C=O) groups excluding carboxylic acids is 1. The van der Waals surface area contributed by atoms with Crippen molar-refractivity contribution in [3.8, 4) is 0 Å². The van der Waals surface area contributed by atoms with Crippen LogP contribution in [0.2, 0.25) is 0 Å². The minimum atomic E-state index is -0.0834. The number of rotatable bonds is 3. The molecule has 0 spiro atoms. The molecular formula is C13H22N4OS. The summed E-state index contributed by atoms with van der Waals surface area (Å²) in [6.45, 7) is 7.85. The maximum Gasteiger partial charge on any atom is 0.241 e. The average Bonchev–Trinajstić information content (AvgIpc) is 2.65. The summed E-state index contributed by atoms with van der Waals surface area (Å²) in [5, 5.41) is 7.35. The summed E-state index contributed by atoms with van der Waals surface area (Å²) in [6, 6.07) is -0.0834. The number of thioether (sulfide) groups is 1. The molecule has 0 saturated carbocycles. The lowest BCUT2D eigenvalue weighted by Crippen LogP contribution is -2.46. The van der Waals surface area contributed by atoms with Crippen LogP contribution in [0.4, 0.5) is 5.69 Å². The minimum absolute atomic E-state index is 0.0612. The number of anilines is 1. The first-order chi connectivity index (χ1) is 9.00. The van der Waals surface area contributed by atoms with E-state index in [0.717, 1.165) is 41.7 Å². The second kappa shape index (κ2) is 5.96. The van der Waals surface area contributed by atoms with Crippen molar-refractivity contribution in [3.63, 3.8) is 0 Å². The second-order valence-electron chi connectivity index (χ2n) is 4.98. The summed E-state index contributed by atoms with van der Waals surface area (Å²) in [5.74, 6) is 2.29. The van der Waals surface area contributed by atoms with Crippen LogP contribution >= 0.6 is 11.8 Å². The summed E-state index contributed by atoms with van der Waals surface area (Å²) in [6.07, 6.45) is 0. The molecule has 5 nitrogen and oxygen atoms in total. The topological polar surface area (TPSA) is 50.2 Å². The predicted molar refractivity (Wildman–Crippen MR) is 79.7 cm³/mol. The number of hydrogen-bond acceptors (Lipinski definition) is 4. The van der Waals surface area contributed by atoms with Gasteiger partial charge in [-0.15, -0.1) is 0 Å². The zero-order valence-electron chi connectivity index (χ0n) is 12.1. The number of aromatic nitrogens is 2. The zero-order chi connectivity index (χ0) is 14.0. The van der Waals surface area contributed by atoms with Crippen molar-refractivity contribution in [1.82, 2.24) is 14.7 Å². The SMILES string of the molecule is Cc1nn(C)c(C)c1NC(=O)[C@@H](C)N1CCSCC1. The van der Waals surface area contributed by atoms with Crippen LogP contribution in [-0.2, 0) is 11.8 Å². The molecule has 2 rings (SSSR count). The lowest BCUT2D eigenvalue weighted by atomic mass is 10.2. The van der Waals surface area contributed by atoms with Crippen LogP contribution in [0.15, 0.2) is 0 Å². The van der Waals surface area contributed by atoms with Gasteiger partial charge in [0.05, 0.1) is 23.1 Å². The first-order valence-electron chi connectivity index (χ1n) is 6.63. The highest BCUT2D eigenvalue weighted by molar-refractivity contribution is 7.99. The Morgan fingerprint density at radius 3 is 2.53 bits per heavy atom. The van der Waals surface area contributed by atoms with E-state index in [1.165, 1.54) is 0 Å². The predicted octanol–water partition coefficient (Wildman–Crippen LogP) is 1.41. The Morgan fingerprint density at radius 2 is 2.00 bits per heavy atom. The van der Waals surface area contributed by atoms with Gasteiger partial charge in [-0.3, -0.25) is 14.4 Å². The molecule has 1 aromatic rings. The highest BCUT2D eigenvalue weighted by atomic mass is 32.2. The lowest BCUT2D eigenvalue weighted by molar-refractivity contribution is -0.120. The molecule has 6 heteroatoms. The normalized spacial score (nSPS) is 18.3. The van der Waals surface area contributed by atoms with E-state index in [0.29, 0.717) is 0 Å².